The molecule has 0 saturated heterocycles. The number of aromatic nitrogens is 2. The van der Waals surface area contributed by atoms with Crippen LogP contribution in [0, 0.1) is 0 Å². The van der Waals surface area contributed by atoms with E-state index in [4.69, 9.17) is 4.74 Å². The Balaban J connectivity index is 2.39. The van der Waals surface area contributed by atoms with Gasteiger partial charge in [0.1, 0.15) is 0 Å². The molecule has 0 aliphatic rings. The highest BCUT2D eigenvalue weighted by Gasteiger charge is 2.03. The molecule has 1 unspecified atom stereocenters. The molecule has 0 amide bonds. The lowest BCUT2D eigenvalue weighted by molar-refractivity contribution is 0.179. The van der Waals surface area contributed by atoms with Gasteiger partial charge in [0.2, 0.25) is 0 Å². The predicted octanol–water partition coefficient (Wildman–Crippen LogP) is 0.473. The Hall–Kier alpha value is -1.56. The lowest BCUT2D eigenvalue weighted by Crippen LogP contribution is -2.44. The number of imidazole rings is 1. The highest BCUT2D eigenvalue weighted by atomic mass is 16.5. The van der Waals surface area contributed by atoms with Crippen molar-refractivity contribution in [3.63, 3.8) is 0 Å². The number of rotatable bonds is 7. The molecule has 6 nitrogen and oxygen atoms in total. The fraction of sp³-hybridized carbons (Fsp3) is 0.667. The van der Waals surface area contributed by atoms with E-state index in [2.05, 4.69) is 27.5 Å². The molecule has 18 heavy (non-hydrogen) atoms. The van der Waals surface area contributed by atoms with Gasteiger partial charge in [-0.1, -0.05) is 0 Å². The number of nitrogens with one attached hydrogen (secondary N) is 2. The van der Waals surface area contributed by atoms with Gasteiger partial charge in [-0.2, -0.15) is 0 Å². The lowest BCUT2D eigenvalue weighted by atomic mass is 10.4. The zero-order valence-corrected chi connectivity index (χ0v) is 11.4. The Morgan fingerprint density at radius 1 is 1.56 bits per heavy atom. The molecule has 0 saturated carbocycles. The number of methoxy groups -OCH3 is 1. The standard InChI is InChI=1S/C12H23N5O/c1-4-14-12(16-11(2)9-18-3)15-6-8-17-7-5-13-10-17/h5,7,10-11H,4,6,8-9H2,1-3H3,(H2,14,15,16). The summed E-state index contributed by atoms with van der Waals surface area (Å²) < 4.78 is 7.09. The van der Waals surface area contributed by atoms with Crippen LogP contribution in [0.1, 0.15) is 13.8 Å². The minimum Gasteiger partial charge on any atom is -0.383 e. The third-order valence-electron chi connectivity index (χ3n) is 2.33. The van der Waals surface area contributed by atoms with Crippen LogP contribution < -0.4 is 10.6 Å². The maximum absolute atomic E-state index is 5.09. The van der Waals surface area contributed by atoms with E-state index in [-0.39, 0.29) is 6.04 Å². The van der Waals surface area contributed by atoms with Crippen LogP contribution in [0.5, 0.6) is 0 Å². The quantitative estimate of drug-likeness (QED) is 0.548. The highest BCUT2D eigenvalue weighted by molar-refractivity contribution is 5.80. The van der Waals surface area contributed by atoms with Crippen LogP contribution in [0.3, 0.4) is 0 Å². The highest BCUT2D eigenvalue weighted by Crippen LogP contribution is 1.87. The van der Waals surface area contributed by atoms with Crippen molar-refractivity contribution in [2.45, 2.75) is 26.4 Å². The van der Waals surface area contributed by atoms with Gasteiger partial charge in [0.25, 0.3) is 0 Å². The van der Waals surface area contributed by atoms with Crippen LogP contribution in [0.25, 0.3) is 0 Å². The molecule has 2 N–H and O–H groups in total. The second kappa shape index (κ2) is 8.52. The largest absolute Gasteiger partial charge is 0.383 e. The minimum absolute atomic E-state index is 0.237. The molecule has 102 valence electrons. The smallest absolute Gasteiger partial charge is 0.191 e. The first-order valence-electron chi connectivity index (χ1n) is 6.25. The lowest BCUT2D eigenvalue weighted by Gasteiger charge is -2.16. The predicted molar refractivity (Wildman–Crippen MR) is 72.7 cm³/mol. The third-order valence-corrected chi connectivity index (χ3v) is 2.33. The summed E-state index contributed by atoms with van der Waals surface area (Å²) in [6.45, 7) is 7.16. The van der Waals surface area contributed by atoms with Crippen molar-refractivity contribution in [1.82, 2.24) is 20.2 Å². The average molecular weight is 253 g/mol. The first-order valence-corrected chi connectivity index (χ1v) is 6.25. The molecule has 0 fully saturated rings. The summed E-state index contributed by atoms with van der Waals surface area (Å²) in [5.74, 6) is 0.821. The molecule has 1 rings (SSSR count). The Bertz CT molecular complexity index is 336. The van der Waals surface area contributed by atoms with Gasteiger partial charge in [-0.15, -0.1) is 0 Å². The van der Waals surface area contributed by atoms with E-state index in [1.54, 1.807) is 19.6 Å². The maximum Gasteiger partial charge on any atom is 0.191 e. The van der Waals surface area contributed by atoms with Gasteiger partial charge in [0.05, 0.1) is 19.5 Å². The summed E-state index contributed by atoms with van der Waals surface area (Å²) in [6, 6.07) is 0.237. The van der Waals surface area contributed by atoms with E-state index in [0.29, 0.717) is 13.2 Å². The minimum atomic E-state index is 0.237. The number of aliphatic imine (C=N–C) groups is 1. The van der Waals surface area contributed by atoms with Crippen LogP contribution in [-0.2, 0) is 11.3 Å². The Kier molecular flexibility index (Phi) is 6.86. The molecule has 0 aromatic carbocycles. The molecular formula is C12H23N5O. The van der Waals surface area contributed by atoms with Gasteiger partial charge in [0.15, 0.2) is 5.96 Å². The average Bonchev–Trinajstić information content (AvgIpc) is 2.82. The van der Waals surface area contributed by atoms with E-state index in [0.717, 1.165) is 19.0 Å². The summed E-state index contributed by atoms with van der Waals surface area (Å²) in [7, 11) is 1.70. The zero-order valence-electron chi connectivity index (χ0n) is 11.4. The van der Waals surface area contributed by atoms with Crippen molar-refractivity contribution < 1.29 is 4.74 Å². The monoisotopic (exact) mass is 253 g/mol. The molecule has 0 aliphatic heterocycles. The van der Waals surface area contributed by atoms with Crippen LogP contribution in [-0.4, -0.2) is 48.4 Å². The molecular weight excluding hydrogens is 230 g/mol. The number of ether oxygens (including phenoxy) is 1. The Morgan fingerprint density at radius 3 is 3.00 bits per heavy atom. The summed E-state index contributed by atoms with van der Waals surface area (Å²) in [5.41, 5.74) is 0. The van der Waals surface area contributed by atoms with Crippen molar-refractivity contribution in [3.8, 4) is 0 Å². The summed E-state index contributed by atoms with van der Waals surface area (Å²) in [5, 5.41) is 6.50. The second-order valence-corrected chi connectivity index (χ2v) is 4.06. The molecule has 6 heteroatoms. The zero-order chi connectivity index (χ0) is 13.2. The number of nitrogens with zero attached hydrogens (tertiary/aromatic N) is 3. The molecule has 1 heterocycles. The van der Waals surface area contributed by atoms with E-state index >= 15 is 0 Å². The molecule has 1 atom stereocenters. The van der Waals surface area contributed by atoms with Crippen LogP contribution in [0.4, 0.5) is 0 Å². The molecule has 0 bridgehead atoms. The van der Waals surface area contributed by atoms with Gasteiger partial charge < -0.3 is 19.9 Å². The second-order valence-electron chi connectivity index (χ2n) is 4.06. The summed E-state index contributed by atoms with van der Waals surface area (Å²) in [4.78, 5) is 8.50. The van der Waals surface area contributed by atoms with Crippen molar-refractivity contribution in [2.24, 2.45) is 4.99 Å². The first kappa shape index (κ1) is 14.5. The molecule has 0 radical (unpaired) electrons. The SMILES string of the molecule is CCNC(=NCCn1ccnc1)NC(C)COC. The normalized spacial score (nSPS) is 13.4. The van der Waals surface area contributed by atoms with Crippen molar-refractivity contribution in [1.29, 1.82) is 0 Å². The van der Waals surface area contributed by atoms with E-state index in [9.17, 15) is 0 Å². The number of guanidine groups is 1. The topological polar surface area (TPSA) is 63.5 Å². The fourth-order valence-corrected chi connectivity index (χ4v) is 1.54. The number of hydrogen-bond acceptors (Lipinski definition) is 3. The van der Waals surface area contributed by atoms with Gasteiger partial charge in [0, 0.05) is 38.6 Å². The van der Waals surface area contributed by atoms with Crippen LogP contribution in [0.2, 0.25) is 0 Å². The van der Waals surface area contributed by atoms with Gasteiger partial charge in [-0.05, 0) is 13.8 Å². The summed E-state index contributed by atoms with van der Waals surface area (Å²) >= 11 is 0. The van der Waals surface area contributed by atoms with Gasteiger partial charge in [-0.3, -0.25) is 4.99 Å². The fourth-order valence-electron chi connectivity index (χ4n) is 1.54. The van der Waals surface area contributed by atoms with Crippen molar-refractivity contribution >= 4 is 5.96 Å². The van der Waals surface area contributed by atoms with Crippen LogP contribution in [0.15, 0.2) is 23.7 Å². The molecule has 1 aromatic heterocycles. The maximum atomic E-state index is 5.09. The van der Waals surface area contributed by atoms with Gasteiger partial charge in [-0.25, -0.2) is 4.98 Å². The molecule has 0 aliphatic carbocycles. The van der Waals surface area contributed by atoms with Crippen LogP contribution >= 0.6 is 0 Å². The molecule has 0 spiro atoms. The Labute approximate surface area is 108 Å². The van der Waals surface area contributed by atoms with E-state index < -0.39 is 0 Å². The Morgan fingerprint density at radius 2 is 2.39 bits per heavy atom. The van der Waals surface area contributed by atoms with Crippen molar-refractivity contribution in [2.75, 3.05) is 26.8 Å². The first-order chi connectivity index (χ1) is 8.76. The summed E-state index contributed by atoms with van der Waals surface area (Å²) in [6.07, 6.45) is 5.50. The van der Waals surface area contributed by atoms with E-state index in [1.807, 2.05) is 17.7 Å². The van der Waals surface area contributed by atoms with E-state index in [1.165, 1.54) is 0 Å². The molecule has 1 aromatic rings. The van der Waals surface area contributed by atoms with Crippen molar-refractivity contribution in [3.05, 3.63) is 18.7 Å². The number of hydrogen-bond donors (Lipinski definition) is 2. The van der Waals surface area contributed by atoms with Gasteiger partial charge >= 0.3 is 0 Å². The third kappa shape index (κ3) is 5.67.